The number of benzene rings is 1. The SMILES string of the molecule is CCOc1cccc2c1[nH]c(=S)n2C(C)C(=O)N(C)C. The quantitative estimate of drug-likeness (QED) is 0.882. The summed E-state index contributed by atoms with van der Waals surface area (Å²) in [6.07, 6.45) is 0. The molecule has 5 nitrogen and oxygen atoms in total. The first kappa shape index (κ1) is 14.6. The number of nitrogens with zero attached hydrogens (tertiary/aromatic N) is 2. The molecule has 0 radical (unpaired) electrons. The van der Waals surface area contributed by atoms with Gasteiger partial charge in [-0.1, -0.05) is 6.07 Å². The molecule has 1 amide bonds. The molecular formula is C14H19N3O2S. The lowest BCUT2D eigenvalue weighted by Gasteiger charge is -2.18. The Balaban J connectivity index is 2.60. The molecule has 1 heterocycles. The van der Waals surface area contributed by atoms with Crippen molar-refractivity contribution in [3.63, 3.8) is 0 Å². The molecule has 0 bridgehead atoms. The van der Waals surface area contributed by atoms with Crippen LogP contribution in [-0.2, 0) is 4.79 Å². The molecule has 108 valence electrons. The number of H-pyrrole nitrogens is 1. The number of para-hydroxylation sites is 1. The zero-order valence-corrected chi connectivity index (χ0v) is 13.0. The first-order valence-corrected chi connectivity index (χ1v) is 6.95. The summed E-state index contributed by atoms with van der Waals surface area (Å²) in [6.45, 7) is 4.36. The minimum atomic E-state index is -0.358. The van der Waals surface area contributed by atoms with Crippen LogP contribution in [-0.4, -0.2) is 41.1 Å². The number of carbonyl (C=O) groups is 1. The van der Waals surface area contributed by atoms with E-state index in [9.17, 15) is 4.79 Å². The molecule has 0 saturated heterocycles. The van der Waals surface area contributed by atoms with Gasteiger partial charge in [0.05, 0.1) is 12.1 Å². The van der Waals surface area contributed by atoms with Crippen molar-refractivity contribution < 1.29 is 9.53 Å². The van der Waals surface area contributed by atoms with Crippen LogP contribution in [0.3, 0.4) is 0 Å². The first-order valence-electron chi connectivity index (χ1n) is 6.54. The molecule has 0 aliphatic heterocycles. The molecule has 1 aromatic heterocycles. The van der Waals surface area contributed by atoms with Gasteiger partial charge in [0.25, 0.3) is 0 Å². The summed E-state index contributed by atoms with van der Waals surface area (Å²) in [5.41, 5.74) is 1.71. The number of carbonyl (C=O) groups excluding carboxylic acids is 1. The molecule has 0 aliphatic rings. The van der Waals surface area contributed by atoms with E-state index in [1.807, 2.05) is 36.6 Å². The fourth-order valence-corrected chi connectivity index (χ4v) is 2.63. The van der Waals surface area contributed by atoms with Gasteiger partial charge in [0.2, 0.25) is 5.91 Å². The van der Waals surface area contributed by atoms with Gasteiger partial charge in [0, 0.05) is 14.1 Å². The monoisotopic (exact) mass is 293 g/mol. The summed E-state index contributed by atoms with van der Waals surface area (Å²) in [6, 6.07) is 5.37. The van der Waals surface area contributed by atoms with Crippen molar-refractivity contribution >= 4 is 29.2 Å². The van der Waals surface area contributed by atoms with E-state index >= 15 is 0 Å². The van der Waals surface area contributed by atoms with Gasteiger partial charge >= 0.3 is 0 Å². The summed E-state index contributed by atoms with van der Waals surface area (Å²) in [4.78, 5) is 16.9. The molecule has 0 fully saturated rings. The molecule has 0 saturated carbocycles. The Morgan fingerprint density at radius 1 is 1.50 bits per heavy atom. The zero-order valence-electron chi connectivity index (χ0n) is 12.1. The highest BCUT2D eigenvalue weighted by Crippen LogP contribution is 2.27. The molecule has 1 N–H and O–H groups in total. The second-order valence-corrected chi connectivity index (χ2v) is 5.18. The highest BCUT2D eigenvalue weighted by molar-refractivity contribution is 7.71. The number of amides is 1. The van der Waals surface area contributed by atoms with Crippen molar-refractivity contribution in [1.29, 1.82) is 0 Å². The lowest BCUT2D eigenvalue weighted by molar-refractivity contribution is -0.131. The van der Waals surface area contributed by atoms with E-state index in [1.54, 1.807) is 19.0 Å². The maximum Gasteiger partial charge on any atom is 0.244 e. The number of fused-ring (bicyclic) bond motifs is 1. The van der Waals surface area contributed by atoms with Crippen molar-refractivity contribution in [3.8, 4) is 5.75 Å². The normalized spacial score (nSPS) is 12.4. The Morgan fingerprint density at radius 2 is 2.20 bits per heavy atom. The Hall–Kier alpha value is -1.82. The zero-order chi connectivity index (χ0) is 14.9. The second-order valence-electron chi connectivity index (χ2n) is 4.79. The molecule has 1 aromatic carbocycles. The average Bonchev–Trinajstić information content (AvgIpc) is 2.74. The number of nitrogens with one attached hydrogen (secondary N) is 1. The number of aromatic nitrogens is 2. The molecule has 6 heteroatoms. The van der Waals surface area contributed by atoms with E-state index in [-0.39, 0.29) is 11.9 Å². The van der Waals surface area contributed by atoms with Crippen LogP contribution in [0.15, 0.2) is 18.2 Å². The maximum absolute atomic E-state index is 12.2. The number of rotatable bonds is 4. The Bertz CT molecular complexity index is 687. The predicted molar refractivity (Wildman–Crippen MR) is 81.7 cm³/mol. The molecule has 0 aliphatic carbocycles. The van der Waals surface area contributed by atoms with Crippen LogP contribution < -0.4 is 4.74 Å². The van der Waals surface area contributed by atoms with E-state index in [4.69, 9.17) is 17.0 Å². The summed E-state index contributed by atoms with van der Waals surface area (Å²) >= 11 is 5.36. The molecule has 20 heavy (non-hydrogen) atoms. The fraction of sp³-hybridized carbons (Fsp3) is 0.429. The van der Waals surface area contributed by atoms with Gasteiger partial charge in [-0.15, -0.1) is 0 Å². The van der Waals surface area contributed by atoms with E-state index in [2.05, 4.69) is 4.98 Å². The number of hydrogen-bond acceptors (Lipinski definition) is 3. The van der Waals surface area contributed by atoms with Crippen LogP contribution >= 0.6 is 12.2 Å². The summed E-state index contributed by atoms with van der Waals surface area (Å²) in [5, 5.41) is 0. The van der Waals surface area contributed by atoms with Crippen LogP contribution in [0.5, 0.6) is 5.75 Å². The third-order valence-corrected chi connectivity index (χ3v) is 3.50. The molecule has 2 rings (SSSR count). The Kier molecular flexibility index (Phi) is 4.13. The first-order chi connectivity index (χ1) is 9.47. The maximum atomic E-state index is 12.2. The van der Waals surface area contributed by atoms with Crippen LogP contribution in [0.1, 0.15) is 19.9 Å². The van der Waals surface area contributed by atoms with Crippen molar-refractivity contribution in [2.24, 2.45) is 0 Å². The van der Waals surface area contributed by atoms with Crippen LogP contribution in [0, 0.1) is 4.77 Å². The van der Waals surface area contributed by atoms with Crippen molar-refractivity contribution in [2.75, 3.05) is 20.7 Å². The lowest BCUT2D eigenvalue weighted by Crippen LogP contribution is -2.29. The van der Waals surface area contributed by atoms with Crippen molar-refractivity contribution in [2.45, 2.75) is 19.9 Å². The number of imidazole rings is 1. The topological polar surface area (TPSA) is 50.3 Å². The third kappa shape index (κ3) is 2.43. The van der Waals surface area contributed by atoms with E-state index in [0.29, 0.717) is 11.4 Å². The second kappa shape index (κ2) is 5.66. The van der Waals surface area contributed by atoms with Gasteiger partial charge in [-0.05, 0) is 38.2 Å². The van der Waals surface area contributed by atoms with Crippen LogP contribution in [0.2, 0.25) is 0 Å². The number of ether oxygens (including phenoxy) is 1. The van der Waals surface area contributed by atoms with E-state index in [1.165, 1.54) is 0 Å². The third-order valence-electron chi connectivity index (χ3n) is 3.20. The van der Waals surface area contributed by atoms with Crippen LogP contribution in [0.25, 0.3) is 11.0 Å². The summed E-state index contributed by atoms with van der Waals surface area (Å²) < 4.78 is 7.94. The van der Waals surface area contributed by atoms with E-state index in [0.717, 1.165) is 16.8 Å². The molecule has 2 aromatic rings. The highest BCUT2D eigenvalue weighted by atomic mass is 32.1. The average molecular weight is 293 g/mol. The molecule has 1 atom stereocenters. The van der Waals surface area contributed by atoms with Crippen LogP contribution in [0.4, 0.5) is 0 Å². The highest BCUT2D eigenvalue weighted by Gasteiger charge is 2.20. The summed E-state index contributed by atoms with van der Waals surface area (Å²) in [7, 11) is 3.48. The van der Waals surface area contributed by atoms with Gasteiger partial charge in [0.1, 0.15) is 17.3 Å². The lowest BCUT2D eigenvalue weighted by atomic mass is 10.2. The van der Waals surface area contributed by atoms with Gasteiger partial charge in [-0.25, -0.2) is 0 Å². The fourth-order valence-electron chi connectivity index (χ4n) is 2.27. The van der Waals surface area contributed by atoms with Gasteiger partial charge in [-0.2, -0.15) is 0 Å². The smallest absolute Gasteiger partial charge is 0.244 e. The minimum absolute atomic E-state index is 0.00353. The van der Waals surface area contributed by atoms with Crippen molar-refractivity contribution in [3.05, 3.63) is 23.0 Å². The predicted octanol–water partition coefficient (Wildman–Crippen LogP) is 2.75. The Morgan fingerprint density at radius 3 is 2.80 bits per heavy atom. The molecular weight excluding hydrogens is 274 g/mol. The Labute approximate surface area is 123 Å². The molecule has 1 unspecified atom stereocenters. The number of likely N-dealkylation sites (N-methyl/N-ethyl adjacent to an activating group) is 1. The number of hydrogen-bond donors (Lipinski definition) is 1. The largest absolute Gasteiger partial charge is 0.492 e. The van der Waals surface area contributed by atoms with Gasteiger partial charge < -0.3 is 19.2 Å². The number of aromatic amines is 1. The van der Waals surface area contributed by atoms with E-state index < -0.39 is 0 Å². The van der Waals surface area contributed by atoms with Crippen molar-refractivity contribution in [1.82, 2.24) is 14.5 Å². The standard InChI is InChI=1S/C14H19N3O2S/c1-5-19-11-8-6-7-10-12(11)15-14(20)17(10)9(2)13(18)16(3)4/h6-9H,5H2,1-4H3,(H,15,20). The van der Waals surface area contributed by atoms with Gasteiger partial charge in [0.15, 0.2) is 4.77 Å². The minimum Gasteiger partial charge on any atom is -0.492 e. The summed E-state index contributed by atoms with van der Waals surface area (Å²) in [5.74, 6) is 0.753. The molecule has 0 spiro atoms. The van der Waals surface area contributed by atoms with Gasteiger partial charge in [-0.3, -0.25) is 4.79 Å².